The minimum atomic E-state index is -3.47. The second-order valence-electron chi connectivity index (χ2n) is 9.50. The van der Waals surface area contributed by atoms with Crippen LogP contribution in [-0.2, 0) is 21.9 Å². The van der Waals surface area contributed by atoms with Crippen LogP contribution in [0.1, 0.15) is 36.8 Å². The Morgan fingerprint density at radius 1 is 1.00 bits per heavy atom. The molecule has 5 heterocycles. The van der Waals surface area contributed by atoms with Crippen molar-refractivity contribution in [3.63, 3.8) is 0 Å². The Balaban J connectivity index is 1.27. The van der Waals surface area contributed by atoms with Gasteiger partial charge in [-0.05, 0) is 18.9 Å². The number of Topliss-reactive ketones (excluding diaryl/α,β-unsaturated/α-hetero) is 1. The standard InChI is InChI=1S/C26H25N9O3S/c1-33-16-18(13-29-33)2-3-19-14-28-25(12-23(19)34-10-7-21(36)8-11-34)31-24-6-9-27-26(32-24)20-15-30-35(17-20)39(37,38)22-4-5-22/h6,9,12-17,22H,4-5,7-8,10-11H2,1H3,(H,27,28,31,32). The van der Waals surface area contributed by atoms with Crippen molar-refractivity contribution < 1.29 is 13.2 Å². The fourth-order valence-corrected chi connectivity index (χ4v) is 5.75. The number of carbonyl (C=O) groups excluding carboxylic acids is 1. The van der Waals surface area contributed by atoms with Crippen LogP contribution in [0.5, 0.6) is 0 Å². The highest BCUT2D eigenvalue weighted by Crippen LogP contribution is 2.30. The van der Waals surface area contributed by atoms with Crippen molar-refractivity contribution in [1.29, 1.82) is 0 Å². The topological polar surface area (TPSA) is 141 Å². The maximum absolute atomic E-state index is 12.5. The molecule has 1 aliphatic heterocycles. The predicted molar refractivity (Wildman–Crippen MR) is 144 cm³/mol. The van der Waals surface area contributed by atoms with E-state index in [0.29, 0.717) is 61.8 Å². The zero-order valence-corrected chi connectivity index (χ0v) is 22.0. The summed E-state index contributed by atoms with van der Waals surface area (Å²) in [6, 6.07) is 3.59. The van der Waals surface area contributed by atoms with Crippen molar-refractivity contribution in [3.8, 4) is 23.2 Å². The Hall–Kier alpha value is -4.57. The molecule has 2 aliphatic rings. The molecule has 0 spiro atoms. The third-order valence-electron chi connectivity index (χ3n) is 6.53. The number of ketones is 1. The van der Waals surface area contributed by atoms with Gasteiger partial charge in [-0.15, -0.1) is 0 Å². The molecule has 6 rings (SSSR count). The lowest BCUT2D eigenvalue weighted by Gasteiger charge is -2.29. The number of carbonyl (C=O) groups is 1. The van der Waals surface area contributed by atoms with E-state index in [2.05, 4.69) is 47.2 Å². The number of nitrogens with one attached hydrogen (secondary N) is 1. The van der Waals surface area contributed by atoms with Gasteiger partial charge in [0.15, 0.2) is 5.82 Å². The fraction of sp³-hybridized carbons (Fsp3) is 0.308. The number of aryl methyl sites for hydroxylation is 1. The normalized spacial score (nSPS) is 15.6. The van der Waals surface area contributed by atoms with E-state index in [1.54, 1.807) is 29.3 Å². The molecule has 39 heavy (non-hydrogen) atoms. The van der Waals surface area contributed by atoms with Gasteiger partial charge in [0.1, 0.15) is 17.4 Å². The molecule has 4 aromatic heterocycles. The molecule has 1 saturated heterocycles. The molecule has 0 radical (unpaired) electrons. The summed E-state index contributed by atoms with van der Waals surface area (Å²) < 4.78 is 27.7. The highest BCUT2D eigenvalue weighted by molar-refractivity contribution is 7.90. The van der Waals surface area contributed by atoms with Gasteiger partial charge in [-0.3, -0.25) is 9.48 Å². The number of anilines is 3. The highest BCUT2D eigenvalue weighted by atomic mass is 32.2. The molecule has 2 fully saturated rings. The smallest absolute Gasteiger partial charge is 0.256 e. The van der Waals surface area contributed by atoms with Crippen molar-refractivity contribution in [1.82, 2.24) is 33.9 Å². The quantitative estimate of drug-likeness (QED) is 0.360. The van der Waals surface area contributed by atoms with Crippen molar-refractivity contribution >= 4 is 33.1 Å². The number of piperidine rings is 1. The molecule has 0 bridgehead atoms. The van der Waals surface area contributed by atoms with Crippen LogP contribution in [0.4, 0.5) is 17.3 Å². The molecule has 0 amide bonds. The van der Waals surface area contributed by atoms with Gasteiger partial charge in [-0.2, -0.15) is 14.3 Å². The Kier molecular flexibility index (Phi) is 6.32. The van der Waals surface area contributed by atoms with Gasteiger partial charge in [0.2, 0.25) is 0 Å². The van der Waals surface area contributed by atoms with E-state index in [0.717, 1.165) is 20.9 Å². The molecule has 12 nitrogen and oxygen atoms in total. The maximum Gasteiger partial charge on any atom is 0.256 e. The van der Waals surface area contributed by atoms with E-state index in [1.807, 2.05) is 19.3 Å². The van der Waals surface area contributed by atoms with Crippen molar-refractivity contribution in [2.45, 2.75) is 30.9 Å². The second kappa shape index (κ2) is 9.95. The van der Waals surface area contributed by atoms with Crippen LogP contribution in [0.25, 0.3) is 11.4 Å². The van der Waals surface area contributed by atoms with Crippen LogP contribution in [0, 0.1) is 11.8 Å². The average Bonchev–Trinajstić information content (AvgIpc) is 3.53. The maximum atomic E-state index is 12.5. The molecule has 13 heteroatoms. The minimum Gasteiger partial charge on any atom is -0.369 e. The second-order valence-corrected chi connectivity index (χ2v) is 11.6. The monoisotopic (exact) mass is 543 g/mol. The summed E-state index contributed by atoms with van der Waals surface area (Å²) in [5.74, 6) is 7.95. The van der Waals surface area contributed by atoms with E-state index in [4.69, 9.17) is 0 Å². The molecule has 4 aromatic rings. The Labute approximate surface area is 225 Å². The van der Waals surface area contributed by atoms with Gasteiger partial charge < -0.3 is 10.2 Å². The van der Waals surface area contributed by atoms with Gasteiger partial charge in [0.05, 0.1) is 46.2 Å². The molecular formula is C26H25N9O3S. The largest absolute Gasteiger partial charge is 0.369 e. The van der Waals surface area contributed by atoms with Crippen molar-refractivity contribution in [2.24, 2.45) is 7.05 Å². The third-order valence-corrected chi connectivity index (χ3v) is 8.56. The molecule has 0 aromatic carbocycles. The van der Waals surface area contributed by atoms with Gasteiger partial charge in [-0.25, -0.2) is 23.4 Å². The molecule has 1 aliphatic carbocycles. The SMILES string of the molecule is Cn1cc(C#Cc2cnc(Nc3ccnc(-c4cnn(S(=O)(=O)C5CC5)c4)n3)cc2N2CCC(=O)CC2)cn1. The Morgan fingerprint density at radius 3 is 2.56 bits per heavy atom. The van der Waals surface area contributed by atoms with E-state index in [9.17, 15) is 13.2 Å². The lowest BCUT2D eigenvalue weighted by molar-refractivity contribution is -0.119. The minimum absolute atomic E-state index is 0.253. The molecule has 1 N–H and O–H groups in total. The van der Waals surface area contributed by atoms with Crippen LogP contribution in [0.15, 0.2) is 49.3 Å². The van der Waals surface area contributed by atoms with E-state index < -0.39 is 10.0 Å². The van der Waals surface area contributed by atoms with E-state index in [1.165, 1.54) is 12.4 Å². The Bertz CT molecular complexity index is 1720. The highest BCUT2D eigenvalue weighted by Gasteiger charge is 2.37. The van der Waals surface area contributed by atoms with Gasteiger partial charge >= 0.3 is 0 Å². The van der Waals surface area contributed by atoms with Crippen LogP contribution in [0.2, 0.25) is 0 Å². The summed E-state index contributed by atoms with van der Waals surface area (Å²) in [5.41, 5.74) is 2.90. The summed E-state index contributed by atoms with van der Waals surface area (Å²) >= 11 is 0. The summed E-state index contributed by atoms with van der Waals surface area (Å²) in [7, 11) is -1.64. The van der Waals surface area contributed by atoms with E-state index in [-0.39, 0.29) is 11.0 Å². The van der Waals surface area contributed by atoms with Gasteiger partial charge in [0, 0.05) is 57.6 Å². The Morgan fingerprint density at radius 2 is 1.82 bits per heavy atom. The summed E-state index contributed by atoms with van der Waals surface area (Å²) in [5, 5.41) is 11.0. The molecule has 0 unspecified atom stereocenters. The summed E-state index contributed by atoms with van der Waals surface area (Å²) in [6.45, 7) is 1.21. The van der Waals surface area contributed by atoms with Gasteiger partial charge in [0.25, 0.3) is 10.0 Å². The molecule has 0 atom stereocenters. The fourth-order valence-electron chi connectivity index (χ4n) is 4.27. The number of hydrogen-bond donors (Lipinski definition) is 1. The number of aromatic nitrogens is 7. The molecule has 198 valence electrons. The van der Waals surface area contributed by atoms with Crippen LogP contribution in [-0.4, -0.2) is 66.5 Å². The zero-order valence-electron chi connectivity index (χ0n) is 21.1. The average molecular weight is 544 g/mol. The molecule has 1 saturated carbocycles. The lowest BCUT2D eigenvalue weighted by Crippen LogP contribution is -2.34. The number of pyridine rings is 1. The summed E-state index contributed by atoms with van der Waals surface area (Å²) in [4.78, 5) is 27.4. The predicted octanol–water partition coefficient (Wildman–Crippen LogP) is 2.12. The number of hydrogen-bond acceptors (Lipinski definition) is 10. The first-order chi connectivity index (χ1) is 18.8. The lowest BCUT2D eigenvalue weighted by atomic mass is 10.1. The van der Waals surface area contributed by atoms with Crippen LogP contribution in [0.3, 0.4) is 0 Å². The number of rotatable bonds is 6. The van der Waals surface area contributed by atoms with Crippen molar-refractivity contribution in [2.75, 3.05) is 23.3 Å². The van der Waals surface area contributed by atoms with Crippen LogP contribution < -0.4 is 10.2 Å². The molecular weight excluding hydrogens is 518 g/mol. The summed E-state index contributed by atoms with van der Waals surface area (Å²) in [6.07, 6.45) is 12.0. The first kappa shape index (κ1) is 24.7. The number of nitrogens with zero attached hydrogens (tertiary/aromatic N) is 8. The first-order valence-electron chi connectivity index (χ1n) is 12.5. The van der Waals surface area contributed by atoms with Crippen molar-refractivity contribution in [3.05, 3.63) is 60.4 Å². The van der Waals surface area contributed by atoms with Crippen LogP contribution >= 0.6 is 0 Å². The first-order valence-corrected chi connectivity index (χ1v) is 14.0. The van der Waals surface area contributed by atoms with Gasteiger partial charge in [-0.1, -0.05) is 11.8 Å². The zero-order chi connectivity index (χ0) is 27.0. The van der Waals surface area contributed by atoms with E-state index >= 15 is 0 Å². The third kappa shape index (κ3) is 5.37.